The maximum atomic E-state index is 13.3. The Morgan fingerprint density at radius 3 is 2.21 bits per heavy atom. The number of hydrogen-bond acceptors (Lipinski definition) is 5. The molecule has 158 valence electrons. The van der Waals surface area contributed by atoms with Crippen molar-refractivity contribution in [3.05, 3.63) is 22.8 Å². The van der Waals surface area contributed by atoms with Gasteiger partial charge in [0.25, 0.3) is 0 Å². The van der Waals surface area contributed by atoms with E-state index in [1.165, 1.54) is 4.57 Å². The summed E-state index contributed by atoms with van der Waals surface area (Å²) in [4.78, 5) is 17.8. The van der Waals surface area contributed by atoms with E-state index >= 15 is 0 Å². The molecule has 0 spiro atoms. The maximum absolute atomic E-state index is 13.3. The molecule has 3 heterocycles. The van der Waals surface area contributed by atoms with Gasteiger partial charge in [0.15, 0.2) is 0 Å². The van der Waals surface area contributed by atoms with Crippen LogP contribution in [0, 0.1) is 0 Å². The highest BCUT2D eigenvalue weighted by atomic mass is 35.5. The topological polar surface area (TPSA) is 62.6 Å². The molecule has 0 aliphatic carbocycles. The molecule has 0 bridgehead atoms. The first-order chi connectivity index (χ1) is 13.1. The summed E-state index contributed by atoms with van der Waals surface area (Å²) < 4.78 is 19.9. The van der Waals surface area contributed by atoms with Gasteiger partial charge >= 0.3 is 13.2 Å². The van der Waals surface area contributed by atoms with Crippen LogP contribution in [-0.2, 0) is 14.0 Å². The molecule has 1 fully saturated rings. The van der Waals surface area contributed by atoms with Crippen LogP contribution in [0.15, 0.2) is 12.1 Å². The fourth-order valence-corrected chi connectivity index (χ4v) is 3.59. The summed E-state index contributed by atoms with van der Waals surface area (Å²) in [5.74, 6) is 0.0566. The highest BCUT2D eigenvalue weighted by Crippen LogP contribution is 2.38. The molecule has 29 heavy (non-hydrogen) atoms. The predicted molar refractivity (Wildman–Crippen MR) is 116 cm³/mol. The van der Waals surface area contributed by atoms with Crippen LogP contribution in [0.4, 0.5) is 4.79 Å². The summed E-state index contributed by atoms with van der Waals surface area (Å²) in [6.45, 7) is 17.5. The average molecular weight is 421 g/mol. The van der Waals surface area contributed by atoms with E-state index in [0.29, 0.717) is 21.8 Å². The molecule has 2 aromatic heterocycles. The third kappa shape index (κ3) is 3.92. The molecule has 1 aliphatic rings. The lowest BCUT2D eigenvalue weighted by Crippen LogP contribution is -2.44. The Morgan fingerprint density at radius 2 is 1.72 bits per heavy atom. The van der Waals surface area contributed by atoms with Crippen LogP contribution < -0.4 is 5.59 Å². The Hall–Kier alpha value is -1.57. The van der Waals surface area contributed by atoms with Crippen molar-refractivity contribution in [2.75, 3.05) is 0 Å². The van der Waals surface area contributed by atoms with E-state index in [4.69, 9.17) is 25.6 Å². The van der Waals surface area contributed by atoms with Crippen LogP contribution in [0.25, 0.3) is 11.0 Å². The SMILES string of the molecule is CC(C)c1c(B2OC(C)(C)C(C)(C)O2)n(C(=O)OC(C)(C)C)c2ccc(Cl)nc12. The number of carbonyl (C=O) groups excluding carboxylic acids is 1. The van der Waals surface area contributed by atoms with Gasteiger partial charge in [-0.25, -0.2) is 9.78 Å². The van der Waals surface area contributed by atoms with Crippen LogP contribution in [-0.4, -0.2) is 39.6 Å². The van der Waals surface area contributed by atoms with E-state index in [1.807, 2.05) is 62.3 Å². The van der Waals surface area contributed by atoms with Crippen molar-refractivity contribution in [2.24, 2.45) is 0 Å². The van der Waals surface area contributed by atoms with Crippen LogP contribution >= 0.6 is 11.6 Å². The van der Waals surface area contributed by atoms with Gasteiger partial charge in [0, 0.05) is 0 Å². The fraction of sp³-hybridized carbons (Fsp3) is 0.619. The Labute approximate surface area is 178 Å². The zero-order valence-electron chi connectivity index (χ0n) is 18.7. The van der Waals surface area contributed by atoms with E-state index < -0.39 is 30.0 Å². The lowest BCUT2D eigenvalue weighted by atomic mass is 9.78. The van der Waals surface area contributed by atoms with E-state index in [9.17, 15) is 4.79 Å². The minimum Gasteiger partial charge on any atom is -0.443 e. The number of carbonyl (C=O) groups is 1. The minimum atomic E-state index is -0.738. The molecule has 0 amide bonds. The molecule has 0 saturated carbocycles. The first-order valence-corrected chi connectivity index (χ1v) is 10.3. The zero-order valence-corrected chi connectivity index (χ0v) is 19.5. The van der Waals surface area contributed by atoms with E-state index in [-0.39, 0.29) is 5.92 Å². The summed E-state index contributed by atoms with van der Waals surface area (Å²) in [5.41, 5.74) is 1.00. The van der Waals surface area contributed by atoms with Gasteiger partial charge in [0.1, 0.15) is 10.8 Å². The molecule has 0 aromatic carbocycles. The second-order valence-electron chi connectivity index (χ2n) is 9.86. The zero-order chi connectivity index (χ0) is 21.9. The van der Waals surface area contributed by atoms with Gasteiger partial charge in [0.2, 0.25) is 0 Å². The number of halogens is 1. The number of rotatable bonds is 2. The second-order valence-corrected chi connectivity index (χ2v) is 10.2. The van der Waals surface area contributed by atoms with Gasteiger partial charge in [-0.2, -0.15) is 0 Å². The number of fused-ring (bicyclic) bond motifs is 1. The molecular weight excluding hydrogens is 391 g/mol. The molecule has 0 radical (unpaired) electrons. The van der Waals surface area contributed by atoms with Gasteiger partial charge < -0.3 is 14.0 Å². The fourth-order valence-electron chi connectivity index (χ4n) is 3.44. The predicted octanol–water partition coefficient (Wildman–Crippen LogP) is 4.90. The molecule has 0 N–H and O–H groups in total. The molecule has 2 aromatic rings. The van der Waals surface area contributed by atoms with E-state index in [1.54, 1.807) is 12.1 Å². The van der Waals surface area contributed by atoms with Gasteiger partial charge in [-0.3, -0.25) is 4.57 Å². The Kier molecular flexibility index (Phi) is 5.34. The quantitative estimate of drug-likeness (QED) is 0.511. The smallest absolute Gasteiger partial charge is 0.443 e. The van der Waals surface area contributed by atoms with Crippen molar-refractivity contribution in [3.8, 4) is 0 Å². The number of nitrogens with zero attached hydrogens (tertiary/aromatic N) is 2. The van der Waals surface area contributed by atoms with Crippen LogP contribution in [0.1, 0.15) is 73.8 Å². The Balaban J connectivity index is 2.31. The Morgan fingerprint density at radius 1 is 1.17 bits per heavy atom. The van der Waals surface area contributed by atoms with Crippen molar-refractivity contribution in [1.82, 2.24) is 9.55 Å². The van der Waals surface area contributed by atoms with Crippen LogP contribution in [0.5, 0.6) is 0 Å². The van der Waals surface area contributed by atoms with Gasteiger partial charge in [-0.15, -0.1) is 0 Å². The van der Waals surface area contributed by atoms with Crippen molar-refractivity contribution in [1.29, 1.82) is 0 Å². The summed E-state index contributed by atoms with van der Waals surface area (Å²) in [7, 11) is -0.738. The summed E-state index contributed by atoms with van der Waals surface area (Å²) in [5, 5.41) is 0.362. The average Bonchev–Trinajstić information content (AvgIpc) is 2.96. The van der Waals surface area contributed by atoms with Gasteiger partial charge in [0.05, 0.1) is 27.8 Å². The standard InChI is InChI=1S/C21H30BClN2O4/c1-12(2)15-16-13(10-11-14(23)24-16)25(18(26)27-19(3,4)5)17(15)22-28-20(6,7)21(8,9)29-22/h10-12H,1-9H3. The van der Waals surface area contributed by atoms with Gasteiger partial charge in [-0.05, 0) is 72.1 Å². The molecular formula is C21H30BClN2O4. The third-order valence-corrected chi connectivity index (χ3v) is 5.69. The molecule has 1 aliphatic heterocycles. The van der Waals surface area contributed by atoms with Crippen molar-refractivity contribution in [2.45, 2.75) is 85.0 Å². The van der Waals surface area contributed by atoms with E-state index in [0.717, 1.165) is 5.56 Å². The molecule has 0 unspecified atom stereocenters. The lowest BCUT2D eigenvalue weighted by Gasteiger charge is -2.32. The largest absolute Gasteiger partial charge is 0.513 e. The van der Waals surface area contributed by atoms with Crippen molar-refractivity contribution < 1.29 is 18.8 Å². The normalized spacial score (nSPS) is 18.7. The molecule has 8 heteroatoms. The summed E-state index contributed by atoms with van der Waals surface area (Å²) >= 11 is 6.19. The lowest BCUT2D eigenvalue weighted by molar-refractivity contribution is 0.00578. The van der Waals surface area contributed by atoms with Gasteiger partial charge in [-0.1, -0.05) is 25.4 Å². The number of hydrogen-bond donors (Lipinski definition) is 0. The summed E-state index contributed by atoms with van der Waals surface area (Å²) in [6.07, 6.45) is -0.497. The second kappa shape index (κ2) is 7.00. The highest BCUT2D eigenvalue weighted by molar-refractivity contribution is 6.63. The molecule has 3 rings (SSSR count). The molecule has 0 atom stereocenters. The molecule has 1 saturated heterocycles. The monoisotopic (exact) mass is 420 g/mol. The third-order valence-electron chi connectivity index (χ3n) is 5.48. The number of aromatic nitrogens is 2. The minimum absolute atomic E-state index is 0.0566. The Bertz CT molecular complexity index is 944. The van der Waals surface area contributed by atoms with Crippen molar-refractivity contribution >= 4 is 41.4 Å². The summed E-state index contributed by atoms with van der Waals surface area (Å²) in [6, 6.07) is 3.46. The number of ether oxygens (including phenoxy) is 1. The first-order valence-electron chi connectivity index (χ1n) is 9.94. The van der Waals surface area contributed by atoms with Crippen molar-refractivity contribution in [3.63, 3.8) is 0 Å². The molecule has 6 nitrogen and oxygen atoms in total. The first kappa shape index (κ1) is 22.1. The van der Waals surface area contributed by atoms with E-state index in [2.05, 4.69) is 4.98 Å². The van der Waals surface area contributed by atoms with Crippen LogP contribution in [0.3, 0.4) is 0 Å². The maximum Gasteiger partial charge on any atom is 0.513 e. The number of pyridine rings is 1. The van der Waals surface area contributed by atoms with Crippen LogP contribution in [0.2, 0.25) is 5.15 Å². The highest BCUT2D eigenvalue weighted by Gasteiger charge is 2.54.